The zero-order valence-corrected chi connectivity index (χ0v) is 11.7. The van der Waals surface area contributed by atoms with Gasteiger partial charge < -0.3 is 4.98 Å². The molecular formula is C20H15N. The van der Waals surface area contributed by atoms with E-state index in [4.69, 9.17) is 0 Å². The minimum atomic E-state index is 1.15. The summed E-state index contributed by atoms with van der Waals surface area (Å²) in [7, 11) is 0. The van der Waals surface area contributed by atoms with E-state index in [9.17, 15) is 0 Å². The molecule has 1 heteroatoms. The van der Waals surface area contributed by atoms with Gasteiger partial charge in [-0.15, -0.1) is 0 Å². The molecule has 0 amide bonds. The maximum absolute atomic E-state index is 3.64. The second-order valence-corrected chi connectivity index (χ2v) is 5.84. The van der Waals surface area contributed by atoms with E-state index in [1.807, 2.05) is 0 Å². The molecule has 0 bridgehead atoms. The van der Waals surface area contributed by atoms with Gasteiger partial charge in [0.25, 0.3) is 0 Å². The average Bonchev–Trinajstić information content (AvgIpc) is 2.94. The molecule has 0 fully saturated rings. The molecule has 1 aliphatic carbocycles. The van der Waals surface area contributed by atoms with E-state index < -0.39 is 0 Å². The van der Waals surface area contributed by atoms with E-state index in [-0.39, 0.29) is 0 Å². The van der Waals surface area contributed by atoms with Crippen LogP contribution in [0.2, 0.25) is 0 Å². The molecule has 1 aromatic heterocycles. The van der Waals surface area contributed by atoms with Crippen molar-refractivity contribution >= 4 is 38.7 Å². The number of hydrogen-bond donors (Lipinski definition) is 1. The first-order valence-corrected chi connectivity index (χ1v) is 7.53. The van der Waals surface area contributed by atoms with Crippen LogP contribution in [0.1, 0.15) is 17.5 Å². The molecule has 100 valence electrons. The number of nitrogens with one attached hydrogen (secondary N) is 1. The van der Waals surface area contributed by atoms with Crippen molar-refractivity contribution in [3.8, 4) is 0 Å². The summed E-state index contributed by atoms with van der Waals surface area (Å²) in [5.41, 5.74) is 5.38. The van der Waals surface area contributed by atoms with E-state index in [0.29, 0.717) is 0 Å². The first kappa shape index (κ1) is 11.2. The third kappa shape index (κ3) is 1.46. The Labute approximate surface area is 122 Å². The molecule has 1 nitrogen and oxygen atoms in total. The van der Waals surface area contributed by atoms with Crippen LogP contribution in [0.4, 0.5) is 0 Å². The number of aryl methyl sites for hydroxylation is 1. The standard InChI is InChI=1S/C20H15N/c1-3-7-15-13(5-1)10-12-18-19(15)17-11-9-14-6-2-4-8-16(14)20(17)21-18/h2-4,6-12,21H,1,5H2. The largest absolute Gasteiger partial charge is 0.354 e. The summed E-state index contributed by atoms with van der Waals surface area (Å²) in [5, 5.41) is 5.32. The van der Waals surface area contributed by atoms with Crippen molar-refractivity contribution in [3.63, 3.8) is 0 Å². The maximum atomic E-state index is 3.64. The quantitative estimate of drug-likeness (QED) is 0.438. The lowest BCUT2D eigenvalue weighted by Crippen LogP contribution is -1.93. The molecule has 4 aromatic rings. The van der Waals surface area contributed by atoms with Gasteiger partial charge in [0.05, 0.1) is 5.52 Å². The Hall–Kier alpha value is -2.54. The Kier molecular flexibility index (Phi) is 2.12. The predicted molar refractivity (Wildman–Crippen MR) is 90.7 cm³/mol. The van der Waals surface area contributed by atoms with Crippen LogP contribution in [0.25, 0.3) is 38.7 Å². The van der Waals surface area contributed by atoms with E-state index >= 15 is 0 Å². The monoisotopic (exact) mass is 269 g/mol. The van der Waals surface area contributed by atoms with E-state index in [1.54, 1.807) is 0 Å². The highest BCUT2D eigenvalue weighted by Crippen LogP contribution is 2.36. The molecule has 0 radical (unpaired) electrons. The van der Waals surface area contributed by atoms with Gasteiger partial charge in [0.1, 0.15) is 0 Å². The number of aromatic amines is 1. The lowest BCUT2D eigenvalue weighted by Gasteiger charge is -2.11. The van der Waals surface area contributed by atoms with Crippen LogP contribution in [0, 0.1) is 0 Å². The van der Waals surface area contributed by atoms with Crippen LogP contribution in [0.5, 0.6) is 0 Å². The Morgan fingerprint density at radius 2 is 1.81 bits per heavy atom. The van der Waals surface area contributed by atoms with Crippen molar-refractivity contribution in [2.24, 2.45) is 0 Å². The molecule has 0 saturated heterocycles. The molecule has 1 N–H and O–H groups in total. The molecule has 3 aromatic carbocycles. The van der Waals surface area contributed by atoms with Crippen LogP contribution in [0.3, 0.4) is 0 Å². The zero-order valence-electron chi connectivity index (χ0n) is 11.7. The second-order valence-electron chi connectivity index (χ2n) is 5.84. The molecule has 0 atom stereocenters. The highest BCUT2D eigenvalue weighted by atomic mass is 14.7. The van der Waals surface area contributed by atoms with Crippen LogP contribution < -0.4 is 0 Å². The lowest BCUT2D eigenvalue weighted by molar-refractivity contribution is 0.990. The predicted octanol–water partition coefficient (Wildman–Crippen LogP) is 5.43. The molecule has 21 heavy (non-hydrogen) atoms. The van der Waals surface area contributed by atoms with E-state index in [1.165, 1.54) is 43.7 Å². The van der Waals surface area contributed by atoms with Crippen LogP contribution in [0.15, 0.2) is 54.6 Å². The minimum Gasteiger partial charge on any atom is -0.354 e. The number of aromatic nitrogens is 1. The van der Waals surface area contributed by atoms with Gasteiger partial charge in [0, 0.05) is 21.7 Å². The fraction of sp³-hybridized carbons (Fsp3) is 0.100. The Morgan fingerprint density at radius 3 is 2.81 bits per heavy atom. The van der Waals surface area contributed by atoms with E-state index in [2.05, 4.69) is 65.7 Å². The fourth-order valence-electron chi connectivity index (χ4n) is 3.65. The Bertz CT molecular complexity index is 1030. The maximum Gasteiger partial charge on any atom is 0.0544 e. The SMILES string of the molecule is C1=Cc2c(ccc3[nH]c4c5ccccc5ccc4c23)CC1. The molecule has 0 aliphatic heterocycles. The number of allylic oxidation sites excluding steroid dienone is 1. The van der Waals surface area contributed by atoms with Gasteiger partial charge in [-0.05, 0) is 35.4 Å². The molecule has 0 unspecified atom stereocenters. The summed E-state index contributed by atoms with van der Waals surface area (Å²) in [5.74, 6) is 0. The summed E-state index contributed by atoms with van der Waals surface area (Å²) < 4.78 is 0. The molecular weight excluding hydrogens is 254 g/mol. The Morgan fingerprint density at radius 1 is 0.857 bits per heavy atom. The molecule has 0 saturated carbocycles. The second kappa shape index (κ2) is 3.98. The van der Waals surface area contributed by atoms with Crippen molar-refractivity contribution in [1.29, 1.82) is 0 Å². The summed E-state index contributed by atoms with van der Waals surface area (Å²) in [4.78, 5) is 3.64. The smallest absolute Gasteiger partial charge is 0.0544 e. The first-order valence-electron chi connectivity index (χ1n) is 7.53. The van der Waals surface area contributed by atoms with Gasteiger partial charge in [-0.2, -0.15) is 0 Å². The summed E-state index contributed by atoms with van der Waals surface area (Å²) >= 11 is 0. The number of fused-ring (bicyclic) bond motifs is 7. The van der Waals surface area contributed by atoms with E-state index in [0.717, 1.165) is 12.8 Å². The van der Waals surface area contributed by atoms with Crippen molar-refractivity contribution in [2.75, 3.05) is 0 Å². The van der Waals surface area contributed by atoms with Gasteiger partial charge >= 0.3 is 0 Å². The first-order chi connectivity index (χ1) is 10.4. The third-order valence-electron chi connectivity index (χ3n) is 4.66. The van der Waals surface area contributed by atoms with Crippen LogP contribution in [-0.4, -0.2) is 4.98 Å². The molecule has 1 heterocycles. The van der Waals surface area contributed by atoms with Crippen LogP contribution in [-0.2, 0) is 6.42 Å². The number of rotatable bonds is 0. The summed E-state index contributed by atoms with van der Waals surface area (Å²) in [6.45, 7) is 0. The van der Waals surface area contributed by atoms with Crippen molar-refractivity contribution < 1.29 is 0 Å². The molecule has 5 rings (SSSR count). The highest BCUT2D eigenvalue weighted by molar-refractivity contribution is 6.19. The fourth-order valence-corrected chi connectivity index (χ4v) is 3.65. The Balaban J connectivity index is 2.03. The number of H-pyrrole nitrogens is 1. The minimum absolute atomic E-state index is 1.15. The summed E-state index contributed by atoms with van der Waals surface area (Å²) in [6.07, 6.45) is 6.90. The number of benzene rings is 3. The van der Waals surface area contributed by atoms with Crippen molar-refractivity contribution in [2.45, 2.75) is 12.8 Å². The van der Waals surface area contributed by atoms with Gasteiger partial charge in [0.2, 0.25) is 0 Å². The van der Waals surface area contributed by atoms with Crippen molar-refractivity contribution in [1.82, 2.24) is 4.98 Å². The third-order valence-corrected chi connectivity index (χ3v) is 4.66. The zero-order chi connectivity index (χ0) is 13.8. The van der Waals surface area contributed by atoms with Gasteiger partial charge in [0.15, 0.2) is 0 Å². The lowest BCUT2D eigenvalue weighted by atomic mass is 9.93. The van der Waals surface area contributed by atoms with Gasteiger partial charge in [-0.1, -0.05) is 54.6 Å². The van der Waals surface area contributed by atoms with Gasteiger partial charge in [-0.3, -0.25) is 0 Å². The molecule has 1 aliphatic rings. The van der Waals surface area contributed by atoms with Gasteiger partial charge in [-0.25, -0.2) is 0 Å². The number of hydrogen-bond acceptors (Lipinski definition) is 0. The topological polar surface area (TPSA) is 15.8 Å². The van der Waals surface area contributed by atoms with Crippen LogP contribution >= 0.6 is 0 Å². The molecule has 0 spiro atoms. The highest BCUT2D eigenvalue weighted by Gasteiger charge is 2.14. The average molecular weight is 269 g/mol. The van der Waals surface area contributed by atoms with Crippen molar-refractivity contribution in [3.05, 3.63) is 65.7 Å². The summed E-state index contributed by atoms with van der Waals surface area (Å²) in [6, 6.07) is 17.6. The normalized spacial score (nSPS) is 14.1.